The molecule has 0 aromatic heterocycles. The Labute approximate surface area is 189 Å². The lowest BCUT2D eigenvalue weighted by molar-refractivity contribution is 0.0433. The molecule has 33 heavy (non-hydrogen) atoms. The molecule has 11 heteroatoms. The Morgan fingerprint density at radius 2 is 1.64 bits per heavy atom. The number of sulfonamides is 1. The van der Waals surface area contributed by atoms with Crippen LogP contribution in [0.4, 0.5) is 23.2 Å². The van der Waals surface area contributed by atoms with Gasteiger partial charge in [-0.1, -0.05) is 0 Å². The number of nitrogens with one attached hydrogen (secondary N) is 1. The molecule has 0 aliphatic carbocycles. The Morgan fingerprint density at radius 1 is 1.06 bits per heavy atom. The van der Waals surface area contributed by atoms with Crippen molar-refractivity contribution in [3.63, 3.8) is 0 Å². The van der Waals surface area contributed by atoms with Gasteiger partial charge >= 0.3 is 0 Å². The third kappa shape index (κ3) is 5.90. The van der Waals surface area contributed by atoms with E-state index in [1.54, 1.807) is 13.8 Å². The normalized spacial score (nSPS) is 16.1. The number of hydrogen-bond donors (Lipinski definition) is 2. The third-order valence-corrected chi connectivity index (χ3v) is 7.33. The Morgan fingerprint density at radius 3 is 2.18 bits per heavy atom. The Hall–Kier alpha value is -2.50. The van der Waals surface area contributed by atoms with Crippen LogP contribution in [0.1, 0.15) is 43.5 Å². The first-order valence-corrected chi connectivity index (χ1v) is 11.7. The first-order valence-electron chi connectivity index (χ1n) is 10.3. The maximum atomic E-state index is 14.4. The predicted molar refractivity (Wildman–Crippen MR) is 113 cm³/mol. The lowest BCUT2D eigenvalue weighted by atomic mass is 9.87. The molecule has 1 fully saturated rings. The zero-order valence-electron chi connectivity index (χ0n) is 18.0. The van der Waals surface area contributed by atoms with E-state index in [2.05, 4.69) is 5.32 Å². The van der Waals surface area contributed by atoms with Gasteiger partial charge in [-0.3, -0.25) is 4.79 Å². The number of piperidine rings is 1. The summed E-state index contributed by atoms with van der Waals surface area (Å²) in [5.41, 5.74) is -1.54. The summed E-state index contributed by atoms with van der Waals surface area (Å²) < 4.78 is 81.5. The fourth-order valence-corrected chi connectivity index (χ4v) is 5.43. The Bertz CT molecular complexity index is 1130. The van der Waals surface area contributed by atoms with Crippen LogP contribution in [0, 0.1) is 29.2 Å². The number of rotatable bonds is 6. The fraction of sp³-hybridized carbons (Fsp3) is 0.409. The lowest BCUT2D eigenvalue weighted by Crippen LogP contribution is -2.40. The van der Waals surface area contributed by atoms with E-state index in [0.717, 1.165) is 22.5 Å². The van der Waals surface area contributed by atoms with Crippen molar-refractivity contribution in [1.29, 1.82) is 0 Å². The lowest BCUT2D eigenvalue weighted by Gasteiger charge is -2.33. The quantitative estimate of drug-likeness (QED) is 0.474. The number of aliphatic hydroxyl groups is 1. The number of halogens is 4. The average Bonchev–Trinajstić information content (AvgIpc) is 2.71. The molecule has 2 aromatic rings. The van der Waals surface area contributed by atoms with Crippen LogP contribution in [0.25, 0.3) is 0 Å². The molecule has 1 saturated heterocycles. The van der Waals surface area contributed by atoms with Gasteiger partial charge in [-0.15, -0.1) is 0 Å². The van der Waals surface area contributed by atoms with E-state index in [0.29, 0.717) is 31.4 Å². The van der Waals surface area contributed by atoms with Gasteiger partial charge in [0.1, 0.15) is 10.7 Å². The van der Waals surface area contributed by atoms with Gasteiger partial charge in [-0.25, -0.2) is 26.0 Å². The van der Waals surface area contributed by atoms with Gasteiger partial charge < -0.3 is 10.4 Å². The Kier molecular flexibility index (Phi) is 7.15. The highest BCUT2D eigenvalue weighted by molar-refractivity contribution is 7.89. The van der Waals surface area contributed by atoms with Gasteiger partial charge in [0.2, 0.25) is 10.0 Å². The second-order valence-corrected chi connectivity index (χ2v) is 10.6. The van der Waals surface area contributed by atoms with Crippen LogP contribution < -0.4 is 5.32 Å². The highest BCUT2D eigenvalue weighted by atomic mass is 32.2. The smallest absolute Gasteiger partial charge is 0.255 e. The van der Waals surface area contributed by atoms with Crippen molar-refractivity contribution in [3.05, 3.63) is 59.2 Å². The standard InChI is InChI=1S/C22H24F4N2O4S/c1-22(2,30)12-13-5-7-28(8-6-13)33(31,32)19-9-14(3-4-16(19)23)21(29)27-15-10-17(24)20(26)18(25)11-15/h3-4,9-11,13,30H,5-8,12H2,1-2H3,(H,27,29). The first-order chi connectivity index (χ1) is 15.3. The zero-order valence-corrected chi connectivity index (χ0v) is 18.9. The molecule has 0 atom stereocenters. The van der Waals surface area contributed by atoms with Crippen LogP contribution in [0.15, 0.2) is 35.2 Å². The molecule has 2 N–H and O–H groups in total. The molecule has 1 amide bonds. The number of anilines is 1. The molecular weight excluding hydrogens is 464 g/mol. The second kappa shape index (κ2) is 9.40. The van der Waals surface area contributed by atoms with Gasteiger partial charge in [0.15, 0.2) is 17.5 Å². The Balaban J connectivity index is 1.79. The molecule has 6 nitrogen and oxygen atoms in total. The molecule has 1 aliphatic heterocycles. The maximum Gasteiger partial charge on any atom is 0.255 e. The molecule has 1 heterocycles. The fourth-order valence-electron chi connectivity index (χ4n) is 3.87. The minimum Gasteiger partial charge on any atom is -0.390 e. The molecule has 0 bridgehead atoms. The summed E-state index contributed by atoms with van der Waals surface area (Å²) in [6, 6.07) is 3.81. The highest BCUT2D eigenvalue weighted by Gasteiger charge is 2.33. The van der Waals surface area contributed by atoms with Crippen molar-refractivity contribution >= 4 is 21.6 Å². The van der Waals surface area contributed by atoms with E-state index in [-0.39, 0.29) is 30.3 Å². The summed E-state index contributed by atoms with van der Waals surface area (Å²) in [6.45, 7) is 3.62. The van der Waals surface area contributed by atoms with Gasteiger partial charge in [-0.05, 0) is 57.2 Å². The van der Waals surface area contributed by atoms with E-state index in [1.807, 2.05) is 0 Å². The molecule has 0 saturated carbocycles. The summed E-state index contributed by atoms with van der Waals surface area (Å²) in [5, 5.41) is 12.1. The van der Waals surface area contributed by atoms with E-state index in [4.69, 9.17) is 0 Å². The summed E-state index contributed by atoms with van der Waals surface area (Å²) in [4.78, 5) is 11.8. The average molecular weight is 489 g/mol. The number of carbonyl (C=O) groups is 1. The summed E-state index contributed by atoms with van der Waals surface area (Å²) in [7, 11) is -4.26. The van der Waals surface area contributed by atoms with Crippen LogP contribution in [-0.2, 0) is 10.0 Å². The third-order valence-electron chi connectivity index (χ3n) is 5.41. The number of benzene rings is 2. The maximum absolute atomic E-state index is 14.4. The van der Waals surface area contributed by atoms with Crippen molar-refractivity contribution in [2.75, 3.05) is 18.4 Å². The first kappa shape index (κ1) is 25.1. The predicted octanol–water partition coefficient (Wildman–Crippen LogP) is 4.06. The van der Waals surface area contributed by atoms with Crippen molar-refractivity contribution < 1.29 is 35.9 Å². The minimum absolute atomic E-state index is 0.120. The van der Waals surface area contributed by atoms with E-state index >= 15 is 0 Å². The van der Waals surface area contributed by atoms with E-state index in [1.165, 1.54) is 0 Å². The van der Waals surface area contributed by atoms with Crippen molar-refractivity contribution in [2.24, 2.45) is 5.92 Å². The van der Waals surface area contributed by atoms with Crippen LogP contribution in [0.5, 0.6) is 0 Å². The second-order valence-electron chi connectivity index (χ2n) is 8.72. The highest BCUT2D eigenvalue weighted by Crippen LogP contribution is 2.30. The summed E-state index contributed by atoms with van der Waals surface area (Å²) in [5.74, 6) is -6.62. The molecule has 1 aliphatic rings. The van der Waals surface area contributed by atoms with Gasteiger partial charge in [0.05, 0.1) is 5.60 Å². The SMILES string of the molecule is CC(C)(O)CC1CCN(S(=O)(=O)c2cc(C(=O)Nc3cc(F)c(F)c(F)c3)ccc2F)CC1. The minimum atomic E-state index is -4.26. The topological polar surface area (TPSA) is 86.7 Å². The van der Waals surface area contributed by atoms with Gasteiger partial charge in [0, 0.05) is 36.5 Å². The molecule has 180 valence electrons. The van der Waals surface area contributed by atoms with E-state index < -0.39 is 49.7 Å². The number of nitrogens with zero attached hydrogens (tertiary/aromatic N) is 1. The molecule has 3 rings (SSSR count). The van der Waals surface area contributed by atoms with Gasteiger partial charge in [-0.2, -0.15) is 4.31 Å². The zero-order chi connectivity index (χ0) is 24.6. The van der Waals surface area contributed by atoms with Crippen molar-refractivity contribution in [1.82, 2.24) is 4.31 Å². The number of hydrogen-bond acceptors (Lipinski definition) is 4. The van der Waals surface area contributed by atoms with Gasteiger partial charge in [0.25, 0.3) is 5.91 Å². The molecule has 0 spiro atoms. The van der Waals surface area contributed by atoms with Crippen LogP contribution in [-0.4, -0.2) is 42.4 Å². The summed E-state index contributed by atoms with van der Waals surface area (Å²) in [6.07, 6.45) is 1.49. The molecular formula is C22H24F4N2O4S. The molecule has 0 radical (unpaired) electrons. The van der Waals surface area contributed by atoms with Crippen molar-refractivity contribution in [3.8, 4) is 0 Å². The van der Waals surface area contributed by atoms with Crippen LogP contribution >= 0.6 is 0 Å². The summed E-state index contributed by atoms with van der Waals surface area (Å²) >= 11 is 0. The van der Waals surface area contributed by atoms with Crippen LogP contribution in [0.3, 0.4) is 0 Å². The monoisotopic (exact) mass is 488 g/mol. The van der Waals surface area contributed by atoms with E-state index in [9.17, 15) is 35.9 Å². The van der Waals surface area contributed by atoms with Crippen molar-refractivity contribution in [2.45, 2.75) is 43.6 Å². The number of amides is 1. The van der Waals surface area contributed by atoms with Crippen LogP contribution in [0.2, 0.25) is 0 Å². The molecule has 0 unspecified atom stereocenters. The molecule has 2 aromatic carbocycles. The number of carbonyl (C=O) groups excluding carboxylic acids is 1. The largest absolute Gasteiger partial charge is 0.390 e.